The van der Waals surface area contributed by atoms with Gasteiger partial charge in [0.05, 0.1) is 15.5 Å². The van der Waals surface area contributed by atoms with Crippen molar-refractivity contribution in [2.75, 3.05) is 31.0 Å². The number of nitrogens with two attached hydrogens (primary N) is 1. The molecule has 0 aliphatic carbocycles. The number of ketones is 1. The van der Waals surface area contributed by atoms with Gasteiger partial charge in [-0.05, 0) is 6.26 Å². The highest BCUT2D eigenvalue weighted by Crippen LogP contribution is 2.43. The Balaban J connectivity index is 3.27. The van der Waals surface area contributed by atoms with E-state index in [0.29, 0.717) is 17.0 Å². The van der Waals surface area contributed by atoms with Gasteiger partial charge in [0, 0.05) is 20.5 Å². The number of thioether (sulfide) groups is 1. The Kier molecular flexibility index (Phi) is 4.04. The van der Waals surface area contributed by atoms with E-state index < -0.39 is 0 Å². The molecule has 0 unspecified atom stereocenters. The zero-order chi connectivity index (χ0) is 11.6. The summed E-state index contributed by atoms with van der Waals surface area (Å²) in [5.41, 5.74) is 6.61. The molecule has 0 bridgehead atoms. The molecule has 0 saturated heterocycles. The molecule has 2 N–H and O–H groups in total. The van der Waals surface area contributed by atoms with E-state index >= 15 is 0 Å². The summed E-state index contributed by atoms with van der Waals surface area (Å²) >= 11 is 3.07. The standard InChI is InChI=1S/C10H16N2OS2/c1-5-6(13)8-7(11)9(14-4)10(15-8)12(2)3/h5,11H2,1-4H3. The summed E-state index contributed by atoms with van der Waals surface area (Å²) in [6.45, 7) is 1.86. The van der Waals surface area contributed by atoms with Gasteiger partial charge < -0.3 is 10.6 Å². The van der Waals surface area contributed by atoms with Crippen LogP contribution in [0.1, 0.15) is 23.0 Å². The first-order valence-corrected chi connectivity index (χ1v) is 6.73. The molecule has 1 rings (SSSR count). The highest BCUT2D eigenvalue weighted by molar-refractivity contribution is 7.99. The Morgan fingerprint density at radius 2 is 2.13 bits per heavy atom. The van der Waals surface area contributed by atoms with Crippen molar-refractivity contribution in [1.82, 2.24) is 0 Å². The van der Waals surface area contributed by atoms with Crippen molar-refractivity contribution in [3.63, 3.8) is 0 Å². The van der Waals surface area contributed by atoms with Gasteiger partial charge >= 0.3 is 0 Å². The third-order valence-corrected chi connectivity index (χ3v) is 4.43. The summed E-state index contributed by atoms with van der Waals surface area (Å²) in [5, 5.41) is 1.07. The van der Waals surface area contributed by atoms with Crippen LogP contribution in [0.15, 0.2) is 4.90 Å². The Bertz CT molecular complexity index is 372. The molecule has 0 amide bonds. The molecule has 0 aromatic carbocycles. The van der Waals surface area contributed by atoms with Crippen molar-refractivity contribution < 1.29 is 4.79 Å². The molecule has 15 heavy (non-hydrogen) atoms. The average molecular weight is 244 g/mol. The first-order chi connectivity index (χ1) is 7.02. The lowest BCUT2D eigenvalue weighted by Gasteiger charge is -2.10. The van der Waals surface area contributed by atoms with Crippen molar-refractivity contribution in [3.8, 4) is 0 Å². The summed E-state index contributed by atoms with van der Waals surface area (Å²) < 4.78 is 0. The van der Waals surface area contributed by atoms with Gasteiger partial charge in [-0.2, -0.15) is 0 Å². The van der Waals surface area contributed by atoms with Gasteiger partial charge in [0.15, 0.2) is 5.78 Å². The first-order valence-electron chi connectivity index (χ1n) is 4.69. The minimum absolute atomic E-state index is 0.126. The molecule has 0 aliphatic rings. The van der Waals surface area contributed by atoms with Crippen LogP contribution in [0.2, 0.25) is 0 Å². The highest BCUT2D eigenvalue weighted by Gasteiger charge is 2.20. The topological polar surface area (TPSA) is 46.3 Å². The van der Waals surface area contributed by atoms with E-state index in [0.717, 1.165) is 9.90 Å². The van der Waals surface area contributed by atoms with Crippen LogP contribution >= 0.6 is 23.1 Å². The number of hydrogen-bond acceptors (Lipinski definition) is 5. The molecule has 0 atom stereocenters. The molecular formula is C10H16N2OS2. The van der Waals surface area contributed by atoms with E-state index in [1.807, 2.05) is 32.2 Å². The van der Waals surface area contributed by atoms with Crippen LogP contribution in [-0.4, -0.2) is 26.1 Å². The largest absolute Gasteiger partial charge is 0.396 e. The van der Waals surface area contributed by atoms with Crippen LogP contribution in [0.25, 0.3) is 0 Å². The minimum atomic E-state index is 0.126. The number of nitrogens with zero attached hydrogens (tertiary/aromatic N) is 1. The number of carbonyl (C=O) groups is 1. The maximum Gasteiger partial charge on any atom is 0.174 e. The minimum Gasteiger partial charge on any atom is -0.396 e. The quantitative estimate of drug-likeness (QED) is 0.653. The third-order valence-electron chi connectivity index (χ3n) is 2.07. The summed E-state index contributed by atoms with van der Waals surface area (Å²) in [7, 11) is 3.93. The van der Waals surface area contributed by atoms with E-state index in [9.17, 15) is 4.79 Å². The number of thiophene rings is 1. The first kappa shape index (κ1) is 12.4. The molecule has 0 saturated carbocycles. The molecule has 84 valence electrons. The summed E-state index contributed by atoms with van der Waals surface area (Å²) in [4.78, 5) is 15.4. The van der Waals surface area contributed by atoms with E-state index in [2.05, 4.69) is 0 Å². The monoisotopic (exact) mass is 244 g/mol. The molecular weight excluding hydrogens is 228 g/mol. The third kappa shape index (κ3) is 2.29. The van der Waals surface area contributed by atoms with Gasteiger partial charge in [-0.25, -0.2) is 0 Å². The molecule has 1 aromatic heterocycles. The lowest BCUT2D eigenvalue weighted by Crippen LogP contribution is -2.07. The molecule has 0 fully saturated rings. The van der Waals surface area contributed by atoms with E-state index in [1.165, 1.54) is 11.3 Å². The number of anilines is 2. The van der Waals surface area contributed by atoms with Gasteiger partial charge in [-0.1, -0.05) is 6.92 Å². The van der Waals surface area contributed by atoms with Crippen molar-refractivity contribution in [2.45, 2.75) is 18.2 Å². The van der Waals surface area contributed by atoms with Crippen molar-refractivity contribution >= 4 is 39.6 Å². The maximum absolute atomic E-state index is 11.6. The smallest absolute Gasteiger partial charge is 0.174 e. The molecule has 1 heterocycles. The zero-order valence-electron chi connectivity index (χ0n) is 9.46. The second-order valence-corrected chi connectivity index (χ2v) is 5.17. The molecule has 0 radical (unpaired) electrons. The van der Waals surface area contributed by atoms with Crippen molar-refractivity contribution in [3.05, 3.63) is 4.88 Å². The number of Topliss-reactive ketones (excluding diaryl/α,β-unsaturated/α-hetero) is 1. The van der Waals surface area contributed by atoms with Crippen molar-refractivity contribution in [2.24, 2.45) is 0 Å². The van der Waals surface area contributed by atoms with Crippen LogP contribution in [0.3, 0.4) is 0 Å². The fourth-order valence-electron chi connectivity index (χ4n) is 1.28. The Morgan fingerprint density at radius 3 is 2.47 bits per heavy atom. The zero-order valence-corrected chi connectivity index (χ0v) is 11.1. The van der Waals surface area contributed by atoms with Gasteiger partial charge in [-0.3, -0.25) is 4.79 Å². The van der Waals surface area contributed by atoms with Gasteiger partial charge in [0.25, 0.3) is 0 Å². The lowest BCUT2D eigenvalue weighted by molar-refractivity contribution is 0.0992. The predicted molar refractivity (Wildman–Crippen MR) is 69.5 cm³/mol. The molecule has 3 nitrogen and oxygen atoms in total. The fourth-order valence-corrected chi connectivity index (χ4v) is 3.44. The Hall–Kier alpha value is -0.680. The molecule has 1 aromatic rings. The van der Waals surface area contributed by atoms with Crippen molar-refractivity contribution in [1.29, 1.82) is 0 Å². The van der Waals surface area contributed by atoms with E-state index in [4.69, 9.17) is 5.73 Å². The number of rotatable bonds is 4. The van der Waals surface area contributed by atoms with Crippen LogP contribution in [0.4, 0.5) is 10.7 Å². The Labute approximate surface area is 98.6 Å². The SMILES string of the molecule is CCC(=O)c1sc(N(C)C)c(SC)c1N. The maximum atomic E-state index is 11.6. The summed E-state index contributed by atoms with van der Waals surface area (Å²) in [6.07, 6.45) is 2.48. The van der Waals surface area contributed by atoms with E-state index in [1.54, 1.807) is 11.8 Å². The fraction of sp³-hybridized carbons (Fsp3) is 0.500. The lowest BCUT2D eigenvalue weighted by atomic mass is 10.2. The second-order valence-electron chi connectivity index (χ2n) is 3.35. The molecule has 0 aliphatic heterocycles. The molecule has 0 spiro atoms. The normalized spacial score (nSPS) is 10.4. The number of carbonyl (C=O) groups excluding carboxylic acids is 1. The predicted octanol–water partition coefficient (Wildman–Crippen LogP) is 2.71. The second kappa shape index (κ2) is 4.90. The van der Waals surface area contributed by atoms with Crippen LogP contribution in [0.5, 0.6) is 0 Å². The molecule has 5 heteroatoms. The summed E-state index contributed by atoms with van der Waals surface area (Å²) in [5.74, 6) is 0.126. The summed E-state index contributed by atoms with van der Waals surface area (Å²) in [6, 6.07) is 0. The van der Waals surface area contributed by atoms with Crippen LogP contribution in [-0.2, 0) is 0 Å². The van der Waals surface area contributed by atoms with E-state index in [-0.39, 0.29) is 5.78 Å². The van der Waals surface area contributed by atoms with Crippen LogP contribution < -0.4 is 10.6 Å². The van der Waals surface area contributed by atoms with Gasteiger partial charge in [0.1, 0.15) is 5.00 Å². The number of hydrogen-bond donors (Lipinski definition) is 1. The number of nitrogen functional groups attached to an aromatic ring is 1. The van der Waals surface area contributed by atoms with Gasteiger partial charge in [0.2, 0.25) is 0 Å². The van der Waals surface area contributed by atoms with Gasteiger partial charge in [-0.15, -0.1) is 23.1 Å². The Morgan fingerprint density at radius 1 is 1.53 bits per heavy atom. The highest BCUT2D eigenvalue weighted by atomic mass is 32.2. The van der Waals surface area contributed by atoms with Crippen LogP contribution in [0, 0.1) is 0 Å². The average Bonchev–Trinajstić information content (AvgIpc) is 2.54.